The van der Waals surface area contributed by atoms with Gasteiger partial charge in [0.2, 0.25) is 17.1 Å². The fourth-order valence-corrected chi connectivity index (χ4v) is 18.2. The van der Waals surface area contributed by atoms with Crippen LogP contribution < -0.4 is 23.1 Å². The summed E-state index contributed by atoms with van der Waals surface area (Å²) in [5, 5.41) is 39.3. The molecule has 0 saturated heterocycles. The topological polar surface area (TPSA) is 71.0 Å². The second-order valence-corrected chi connectivity index (χ2v) is 32.2. The summed E-state index contributed by atoms with van der Waals surface area (Å²) in [6.07, 6.45) is 9.90. The molecule has 0 aliphatic heterocycles. The van der Waals surface area contributed by atoms with Crippen LogP contribution in [0.4, 0.5) is 0 Å². The van der Waals surface area contributed by atoms with Gasteiger partial charge in [0, 0.05) is 28.0 Å². The molecule has 5 aromatic heterocycles. The van der Waals surface area contributed by atoms with Crippen molar-refractivity contribution in [3.63, 3.8) is 0 Å². The number of pyridine rings is 1. The minimum absolute atomic E-state index is 1.03. The predicted octanol–water partition coefficient (Wildman–Crippen LogP) is 35.3. The number of hydrogen-bond acceptors (Lipinski definition) is 4. The van der Waals surface area contributed by atoms with Gasteiger partial charge >= 0.3 is 0 Å². The second-order valence-electron chi connectivity index (χ2n) is 32.2. The molecule has 0 radical (unpaired) electrons. The molecule has 23 rings (SSSR count). The zero-order valence-corrected chi connectivity index (χ0v) is 90.3. The summed E-state index contributed by atoms with van der Waals surface area (Å²) in [5.41, 5.74) is 20.9. The molecule has 0 spiro atoms. The maximum Gasteiger partial charge on any atom is 0.287 e. The van der Waals surface area contributed by atoms with Crippen molar-refractivity contribution >= 4 is 140 Å². The van der Waals surface area contributed by atoms with Gasteiger partial charge in [0.15, 0.2) is 31.3 Å². The van der Waals surface area contributed by atoms with Crippen LogP contribution in [0.3, 0.4) is 0 Å². The van der Waals surface area contributed by atoms with Crippen molar-refractivity contribution in [3.8, 4) is 56.3 Å². The first-order valence-corrected chi connectivity index (χ1v) is 51.7. The van der Waals surface area contributed by atoms with E-state index in [-0.39, 0.29) is 0 Å². The molecule has 0 aliphatic rings. The summed E-state index contributed by atoms with van der Waals surface area (Å²) in [6, 6.07) is 123. The van der Waals surface area contributed by atoms with Gasteiger partial charge in [-0.3, -0.25) is 0 Å². The van der Waals surface area contributed by atoms with Crippen molar-refractivity contribution in [2.24, 2.45) is 35.2 Å². The minimum Gasteiger partial charge on any atom is -0.232 e. The first-order chi connectivity index (χ1) is 69.6. The van der Waals surface area contributed by atoms with Crippen LogP contribution in [-0.4, -0.2) is 20.2 Å². The van der Waals surface area contributed by atoms with Crippen molar-refractivity contribution in [2.75, 3.05) is 0 Å². The molecule has 0 unspecified atom stereocenters. The van der Waals surface area contributed by atoms with Crippen LogP contribution >= 0.6 is 0 Å². The third-order valence-corrected chi connectivity index (χ3v) is 24.6. The van der Waals surface area contributed by atoms with Gasteiger partial charge in [-0.1, -0.05) is 403 Å². The van der Waals surface area contributed by atoms with Crippen molar-refractivity contribution in [1.29, 1.82) is 0 Å². The quantitative estimate of drug-likeness (QED) is 0.127. The molecule has 0 saturated carbocycles. The molecule has 5 heterocycles. The number of aromatic nitrogens is 9. The molecule has 18 aromatic carbocycles. The number of nitrogens with zero attached hydrogens (tertiary/aromatic N) is 9. The Labute approximate surface area is 847 Å². The van der Waals surface area contributed by atoms with Crippen LogP contribution in [0.2, 0.25) is 0 Å². The lowest BCUT2D eigenvalue weighted by Crippen LogP contribution is -2.35. The number of benzene rings is 18. The second kappa shape index (κ2) is 55.0. The molecule has 142 heavy (non-hydrogen) atoms. The third-order valence-electron chi connectivity index (χ3n) is 24.6. The van der Waals surface area contributed by atoms with Gasteiger partial charge in [0.1, 0.15) is 30.8 Å². The number of aryl methyl sites for hydroxylation is 10. The highest BCUT2D eigenvalue weighted by atomic mass is 15.2. The van der Waals surface area contributed by atoms with E-state index in [1.54, 1.807) is 0 Å². The highest BCUT2D eigenvalue weighted by Gasteiger charge is 2.26. The standard InChI is InChI=1S/C25H20N.2C24H19N2.2C20H17N2.10C2H6/c1-17-22-10-6-5-7-18(22)11-12-23(17)25-24-16-20-9-4-3-8-19(20)15-21(24)13-14-26(25)2;1-16-21-10-6-5-7-17(21)11-12-22(16)24-23-14-19-9-4-3-8-18(19)13-20(23)15-25-26(24)2;1-16-20-10-6-5-7-17(20)11-12-21(16)24-22-13-18-8-3-4-9-19(18)14-23(22)25-15-26(24)2;1-14-7-3-6-10-18(14)20-19-12-16-9-5-4-8-15(16)11-17(19)13-21-22(20)2;1-14-7-3-6-10-17(14)20-18-11-15-8-4-5-9-16(15)12-19(18)21-13-22(20)2;10*1-2/h3-16H,1-2H3;2*3-15H,1-2H3;2*3-13H,1-2H3;10*1-2H3/q5*+1;;;;;;;;;;. The Hall–Kier alpha value is -15.2. The molecular formula is C133H152N9+5. The Morgan fingerprint density at radius 2 is 0.408 bits per heavy atom. The maximum absolute atomic E-state index is 4.67. The summed E-state index contributed by atoms with van der Waals surface area (Å²) in [4.78, 5) is 9.28. The summed E-state index contributed by atoms with van der Waals surface area (Å²) in [7, 11) is 10.3. The van der Waals surface area contributed by atoms with Crippen molar-refractivity contribution < 1.29 is 23.1 Å². The maximum atomic E-state index is 4.67. The Bertz CT molecular complexity index is 7460. The van der Waals surface area contributed by atoms with E-state index in [2.05, 4.69) is 442 Å². The Balaban J connectivity index is 0.000000190. The van der Waals surface area contributed by atoms with Crippen LogP contribution in [0, 0.1) is 34.6 Å². The van der Waals surface area contributed by atoms with E-state index in [0.29, 0.717) is 0 Å². The smallest absolute Gasteiger partial charge is 0.232 e. The van der Waals surface area contributed by atoms with Crippen LogP contribution in [0.5, 0.6) is 0 Å². The average molecular weight is 1880 g/mol. The summed E-state index contributed by atoms with van der Waals surface area (Å²) in [6.45, 7) is 51.0. The van der Waals surface area contributed by atoms with Gasteiger partial charge in [0.05, 0.1) is 57.7 Å². The van der Waals surface area contributed by atoms with E-state index in [1.807, 2.05) is 187 Å². The lowest BCUT2D eigenvalue weighted by molar-refractivity contribution is -0.719. The highest BCUT2D eigenvalue weighted by Crippen LogP contribution is 2.40. The molecule has 0 aliphatic carbocycles. The van der Waals surface area contributed by atoms with Crippen molar-refractivity contribution in [2.45, 2.75) is 173 Å². The molecule has 9 heteroatoms. The monoisotopic (exact) mass is 1880 g/mol. The first-order valence-electron chi connectivity index (χ1n) is 51.7. The average Bonchev–Trinajstić information content (AvgIpc) is 0.775. The number of hydrogen-bond donors (Lipinski definition) is 0. The normalized spacial score (nSPS) is 10.2. The van der Waals surface area contributed by atoms with Gasteiger partial charge in [-0.25, -0.2) is 13.7 Å². The van der Waals surface area contributed by atoms with Crippen LogP contribution in [0.15, 0.2) is 377 Å². The molecule has 0 amide bonds. The van der Waals surface area contributed by atoms with Gasteiger partial charge in [-0.15, -0.1) is 0 Å². The minimum atomic E-state index is 1.03. The van der Waals surface area contributed by atoms with Crippen LogP contribution in [0.1, 0.15) is 166 Å². The first kappa shape index (κ1) is 110. The highest BCUT2D eigenvalue weighted by molar-refractivity contribution is 6.09. The largest absolute Gasteiger partial charge is 0.287 e. The fourth-order valence-electron chi connectivity index (χ4n) is 18.2. The molecule has 9 nitrogen and oxygen atoms in total. The zero-order chi connectivity index (χ0) is 103. The molecule has 0 fully saturated rings. The number of rotatable bonds is 5. The van der Waals surface area contributed by atoms with E-state index in [1.165, 1.54) is 208 Å². The summed E-state index contributed by atoms with van der Waals surface area (Å²) in [5.74, 6) is 0. The number of fused-ring (bicyclic) bond motifs is 13. The zero-order valence-electron chi connectivity index (χ0n) is 90.3. The summed E-state index contributed by atoms with van der Waals surface area (Å²) >= 11 is 0. The third kappa shape index (κ3) is 24.6. The van der Waals surface area contributed by atoms with E-state index in [4.69, 9.17) is 0 Å². The van der Waals surface area contributed by atoms with Gasteiger partial charge < -0.3 is 0 Å². The Kier molecular flexibility index (Phi) is 42.8. The van der Waals surface area contributed by atoms with E-state index >= 15 is 0 Å². The van der Waals surface area contributed by atoms with Crippen LogP contribution in [-0.2, 0) is 35.2 Å². The Morgan fingerprint density at radius 3 is 0.732 bits per heavy atom. The SMILES string of the molecule is CC.CC.CC.CC.CC.CC.CC.CC.CC.CC.Cc1c(-c2c3cc4ccccc4cc3cc[n+]2C)ccc2ccccc12.Cc1c(-c2c3cc4ccccc4cc3cn[n+]2C)ccc2ccccc12.Cc1c(-c2c3cc4ccccc4cc3nc[n+]2C)ccc2ccccc12.Cc1ccccc1-c1c2cc3ccccc3cc2cn[n+]1C.Cc1ccccc1-c1c2cc3ccccc3cc2nc[n+]1C. The molecule has 724 valence electrons. The molecule has 0 atom stereocenters. The van der Waals surface area contributed by atoms with Crippen molar-refractivity contribution in [1.82, 2.24) is 20.2 Å². The van der Waals surface area contributed by atoms with Gasteiger partial charge in [-0.2, -0.15) is 0 Å². The fraction of sp³-hybridized carbons (Fsp3) is 0.226. The molecule has 0 bridgehead atoms. The molecule has 23 aromatic rings. The molecule has 0 N–H and O–H groups in total. The predicted molar refractivity (Wildman–Crippen MR) is 621 cm³/mol. The van der Waals surface area contributed by atoms with Crippen molar-refractivity contribution in [3.05, 3.63) is 405 Å². The van der Waals surface area contributed by atoms with E-state index < -0.39 is 0 Å². The molecular weight excluding hydrogens is 1720 g/mol. The van der Waals surface area contributed by atoms with E-state index in [0.717, 1.165) is 16.7 Å². The van der Waals surface area contributed by atoms with E-state index in [9.17, 15) is 0 Å². The Morgan fingerprint density at radius 1 is 0.176 bits per heavy atom. The van der Waals surface area contributed by atoms with Gasteiger partial charge in [0.25, 0.3) is 12.7 Å². The summed E-state index contributed by atoms with van der Waals surface area (Å²) < 4.78 is 10.5. The van der Waals surface area contributed by atoms with Crippen LogP contribution in [0.25, 0.3) is 197 Å². The lowest BCUT2D eigenvalue weighted by atomic mass is 9.94. The lowest BCUT2D eigenvalue weighted by Gasteiger charge is -2.12. The van der Waals surface area contributed by atoms with Gasteiger partial charge in [-0.05, 0) is 259 Å².